The van der Waals surface area contributed by atoms with Gasteiger partial charge in [-0.2, -0.15) is 0 Å². The van der Waals surface area contributed by atoms with Gasteiger partial charge >= 0.3 is 0 Å². The van der Waals surface area contributed by atoms with Gasteiger partial charge in [-0.25, -0.2) is 16.8 Å². The van der Waals surface area contributed by atoms with E-state index in [0.29, 0.717) is 24.4 Å². The van der Waals surface area contributed by atoms with Gasteiger partial charge in [-0.1, -0.05) is 6.92 Å². The molecule has 20 heavy (non-hydrogen) atoms. The van der Waals surface area contributed by atoms with E-state index in [2.05, 4.69) is 4.72 Å². The standard InChI is InChI=1S/C12H18ClNO4S2/c1-2-19(15,16)12-7-5-11(6-8-12)14-20(17,18)10-4-3-9-13/h5-8,14H,2-4,9-10H2,1H3. The van der Waals surface area contributed by atoms with Crippen molar-refractivity contribution in [3.63, 3.8) is 0 Å². The van der Waals surface area contributed by atoms with Gasteiger partial charge < -0.3 is 0 Å². The summed E-state index contributed by atoms with van der Waals surface area (Å²) in [6.45, 7) is 1.56. The Hall–Kier alpha value is -0.790. The number of anilines is 1. The van der Waals surface area contributed by atoms with Gasteiger partial charge in [0.25, 0.3) is 0 Å². The highest BCUT2D eigenvalue weighted by Gasteiger charge is 2.13. The smallest absolute Gasteiger partial charge is 0.232 e. The van der Waals surface area contributed by atoms with Crippen LogP contribution in [0.25, 0.3) is 0 Å². The Balaban J connectivity index is 2.75. The van der Waals surface area contributed by atoms with Gasteiger partial charge in [0.1, 0.15) is 0 Å². The van der Waals surface area contributed by atoms with E-state index >= 15 is 0 Å². The Kier molecular flexibility index (Phi) is 6.29. The largest absolute Gasteiger partial charge is 0.284 e. The number of alkyl halides is 1. The average Bonchev–Trinajstić information content (AvgIpc) is 2.39. The number of benzene rings is 1. The highest BCUT2D eigenvalue weighted by molar-refractivity contribution is 7.92. The molecule has 0 aliphatic rings. The molecule has 1 N–H and O–H groups in total. The summed E-state index contributed by atoms with van der Waals surface area (Å²) >= 11 is 5.49. The number of rotatable bonds is 8. The predicted octanol–water partition coefficient (Wildman–Crippen LogP) is 2.24. The van der Waals surface area contributed by atoms with Crippen molar-refractivity contribution in [2.75, 3.05) is 22.1 Å². The van der Waals surface area contributed by atoms with E-state index in [-0.39, 0.29) is 16.4 Å². The molecule has 0 saturated heterocycles. The fourth-order valence-electron chi connectivity index (χ4n) is 1.51. The van der Waals surface area contributed by atoms with Crippen molar-refractivity contribution in [2.45, 2.75) is 24.7 Å². The third kappa shape index (κ3) is 5.30. The van der Waals surface area contributed by atoms with Crippen molar-refractivity contribution in [3.8, 4) is 0 Å². The van der Waals surface area contributed by atoms with Crippen molar-refractivity contribution in [1.29, 1.82) is 0 Å². The first kappa shape index (κ1) is 17.3. The zero-order valence-corrected chi connectivity index (χ0v) is 13.6. The van der Waals surface area contributed by atoms with Crippen molar-refractivity contribution in [1.82, 2.24) is 0 Å². The Morgan fingerprint density at radius 3 is 2.15 bits per heavy atom. The number of hydrogen-bond donors (Lipinski definition) is 1. The van der Waals surface area contributed by atoms with Crippen LogP contribution in [0.1, 0.15) is 19.8 Å². The summed E-state index contributed by atoms with van der Waals surface area (Å²) in [6.07, 6.45) is 1.12. The summed E-state index contributed by atoms with van der Waals surface area (Å²) in [5.74, 6) is 0.435. The molecule has 1 aromatic rings. The lowest BCUT2D eigenvalue weighted by Gasteiger charge is -2.08. The molecule has 0 aliphatic heterocycles. The lowest BCUT2D eigenvalue weighted by atomic mass is 10.3. The Bertz CT molecular complexity index is 624. The zero-order valence-electron chi connectivity index (χ0n) is 11.2. The first-order valence-electron chi connectivity index (χ1n) is 6.20. The van der Waals surface area contributed by atoms with E-state index in [0.717, 1.165) is 0 Å². The van der Waals surface area contributed by atoms with Gasteiger partial charge in [0, 0.05) is 11.6 Å². The molecule has 1 rings (SSSR count). The number of sulfonamides is 1. The zero-order chi connectivity index (χ0) is 15.2. The topological polar surface area (TPSA) is 80.3 Å². The van der Waals surface area contributed by atoms with E-state index in [4.69, 9.17) is 11.6 Å². The first-order chi connectivity index (χ1) is 9.30. The van der Waals surface area contributed by atoms with Crippen molar-refractivity contribution < 1.29 is 16.8 Å². The maximum Gasteiger partial charge on any atom is 0.232 e. The van der Waals surface area contributed by atoms with E-state index < -0.39 is 19.9 Å². The summed E-state index contributed by atoms with van der Waals surface area (Å²) in [4.78, 5) is 0.185. The molecule has 0 saturated carbocycles. The minimum atomic E-state index is -3.42. The molecule has 1 aromatic carbocycles. The van der Waals surface area contributed by atoms with E-state index in [1.165, 1.54) is 24.3 Å². The molecule has 0 amide bonds. The minimum absolute atomic E-state index is 0.00523. The maximum atomic E-state index is 11.7. The van der Waals surface area contributed by atoms with Crippen LogP contribution in [-0.4, -0.2) is 34.2 Å². The van der Waals surface area contributed by atoms with Crippen LogP contribution in [0, 0.1) is 0 Å². The predicted molar refractivity (Wildman–Crippen MR) is 81.5 cm³/mol. The lowest BCUT2D eigenvalue weighted by molar-refractivity contribution is 0.596. The molecule has 0 spiro atoms. The first-order valence-corrected chi connectivity index (χ1v) is 10.0. The van der Waals surface area contributed by atoms with Crippen LogP contribution in [-0.2, 0) is 19.9 Å². The van der Waals surface area contributed by atoms with E-state index in [1.807, 2.05) is 0 Å². The van der Waals surface area contributed by atoms with Crippen LogP contribution in [0.2, 0.25) is 0 Å². The van der Waals surface area contributed by atoms with E-state index in [1.54, 1.807) is 6.92 Å². The maximum absolute atomic E-state index is 11.7. The van der Waals surface area contributed by atoms with Crippen LogP contribution in [0.15, 0.2) is 29.2 Å². The molecule has 0 fully saturated rings. The van der Waals surface area contributed by atoms with E-state index in [9.17, 15) is 16.8 Å². The minimum Gasteiger partial charge on any atom is -0.284 e. The monoisotopic (exact) mass is 339 g/mol. The highest BCUT2D eigenvalue weighted by Crippen LogP contribution is 2.16. The Labute approximate surface area is 125 Å². The van der Waals surface area contributed by atoms with Gasteiger partial charge in [0.2, 0.25) is 10.0 Å². The summed E-state index contributed by atoms with van der Waals surface area (Å²) in [6, 6.07) is 5.69. The molecule has 0 radical (unpaired) electrons. The molecule has 0 unspecified atom stereocenters. The molecule has 0 heterocycles. The summed E-state index contributed by atoms with van der Waals surface area (Å²) in [5.41, 5.74) is 0.353. The average molecular weight is 340 g/mol. The number of sulfone groups is 1. The van der Waals surface area contributed by atoms with Crippen molar-refractivity contribution >= 4 is 37.1 Å². The molecule has 0 atom stereocenters. The highest BCUT2D eigenvalue weighted by atomic mass is 35.5. The third-order valence-corrected chi connectivity index (χ3v) is 6.05. The molecular weight excluding hydrogens is 322 g/mol. The normalized spacial score (nSPS) is 12.3. The third-order valence-electron chi connectivity index (χ3n) is 2.66. The summed E-state index contributed by atoms with van der Waals surface area (Å²) in [5, 5.41) is 0. The molecule has 0 aromatic heterocycles. The summed E-state index contributed by atoms with van der Waals surface area (Å²) in [7, 11) is -6.69. The fraction of sp³-hybridized carbons (Fsp3) is 0.500. The van der Waals surface area contributed by atoms with Crippen LogP contribution in [0.4, 0.5) is 5.69 Å². The Morgan fingerprint density at radius 2 is 1.65 bits per heavy atom. The summed E-state index contributed by atoms with van der Waals surface area (Å²) < 4.78 is 49.1. The van der Waals surface area contributed by atoms with Crippen LogP contribution in [0.3, 0.4) is 0 Å². The number of halogens is 1. The second-order valence-corrected chi connectivity index (χ2v) is 8.74. The molecule has 5 nitrogen and oxygen atoms in total. The quantitative estimate of drug-likeness (QED) is 0.581. The van der Waals surface area contributed by atoms with Gasteiger partial charge in [0.15, 0.2) is 9.84 Å². The van der Waals surface area contributed by atoms with Crippen molar-refractivity contribution in [2.24, 2.45) is 0 Å². The molecule has 0 aliphatic carbocycles. The SMILES string of the molecule is CCS(=O)(=O)c1ccc(NS(=O)(=O)CCCCCl)cc1. The van der Waals surface area contributed by atoms with Gasteiger partial charge in [-0.3, -0.25) is 4.72 Å². The van der Waals surface area contributed by atoms with Gasteiger partial charge in [-0.15, -0.1) is 11.6 Å². The fourth-order valence-corrected chi connectivity index (χ4v) is 3.77. The number of nitrogens with one attached hydrogen (secondary N) is 1. The molecular formula is C12H18ClNO4S2. The van der Waals surface area contributed by atoms with Crippen LogP contribution in [0.5, 0.6) is 0 Å². The van der Waals surface area contributed by atoms with Crippen molar-refractivity contribution in [3.05, 3.63) is 24.3 Å². The van der Waals surface area contributed by atoms with Gasteiger partial charge in [-0.05, 0) is 37.1 Å². The molecule has 0 bridgehead atoms. The van der Waals surface area contributed by atoms with Crippen LogP contribution < -0.4 is 4.72 Å². The second-order valence-electron chi connectivity index (χ2n) is 4.24. The number of hydrogen-bond acceptors (Lipinski definition) is 4. The second kappa shape index (κ2) is 7.28. The molecule has 114 valence electrons. The number of unbranched alkanes of at least 4 members (excludes halogenated alkanes) is 1. The molecule has 8 heteroatoms. The van der Waals surface area contributed by atoms with Crippen LogP contribution >= 0.6 is 11.6 Å². The lowest BCUT2D eigenvalue weighted by Crippen LogP contribution is -2.16. The van der Waals surface area contributed by atoms with Gasteiger partial charge in [0.05, 0.1) is 16.4 Å². The Morgan fingerprint density at radius 1 is 1.05 bits per heavy atom.